The van der Waals surface area contributed by atoms with Crippen molar-refractivity contribution in [2.45, 2.75) is 17.9 Å². The summed E-state index contributed by atoms with van der Waals surface area (Å²) in [7, 11) is 1.71. The van der Waals surface area contributed by atoms with Crippen molar-refractivity contribution in [3.8, 4) is 5.75 Å². The van der Waals surface area contributed by atoms with Gasteiger partial charge in [-0.15, -0.1) is 11.8 Å². The number of fused-ring (bicyclic) bond motifs is 1. The van der Waals surface area contributed by atoms with E-state index in [-0.39, 0.29) is 0 Å². The van der Waals surface area contributed by atoms with Gasteiger partial charge in [0.1, 0.15) is 5.75 Å². The Labute approximate surface area is 148 Å². The smallest absolute Gasteiger partial charge is 0.119 e. The molecule has 3 aromatic carbocycles. The van der Waals surface area contributed by atoms with Crippen molar-refractivity contribution in [3.63, 3.8) is 0 Å². The second-order valence-corrected chi connectivity index (χ2v) is 6.98. The average molecular weight is 337 g/mol. The SMILES string of the molecule is COc1cccc(C(C)NCCSc2ccc3ccccc3c2)c1. The Hall–Kier alpha value is -1.97. The molecule has 0 radical (unpaired) electrons. The first-order valence-electron chi connectivity index (χ1n) is 8.25. The minimum atomic E-state index is 0.317. The molecule has 124 valence electrons. The second-order valence-electron chi connectivity index (χ2n) is 5.81. The first kappa shape index (κ1) is 16.9. The normalized spacial score (nSPS) is 12.2. The highest BCUT2D eigenvalue weighted by Gasteiger charge is 2.05. The third-order valence-corrected chi connectivity index (χ3v) is 5.13. The molecular weight excluding hydrogens is 314 g/mol. The maximum Gasteiger partial charge on any atom is 0.119 e. The van der Waals surface area contributed by atoms with Gasteiger partial charge in [-0.3, -0.25) is 0 Å². The Balaban J connectivity index is 1.50. The summed E-state index contributed by atoms with van der Waals surface area (Å²) in [5.74, 6) is 1.96. The zero-order valence-electron chi connectivity index (χ0n) is 14.2. The fourth-order valence-electron chi connectivity index (χ4n) is 2.73. The highest BCUT2D eigenvalue weighted by molar-refractivity contribution is 7.99. The maximum atomic E-state index is 5.29. The lowest BCUT2D eigenvalue weighted by atomic mass is 10.1. The molecule has 2 nitrogen and oxygen atoms in total. The number of hydrogen-bond donors (Lipinski definition) is 1. The highest BCUT2D eigenvalue weighted by Crippen LogP contribution is 2.24. The van der Waals surface area contributed by atoms with E-state index in [0.717, 1.165) is 18.0 Å². The number of hydrogen-bond acceptors (Lipinski definition) is 3. The van der Waals surface area contributed by atoms with E-state index < -0.39 is 0 Å². The van der Waals surface area contributed by atoms with Crippen molar-refractivity contribution in [2.75, 3.05) is 19.4 Å². The number of thioether (sulfide) groups is 1. The molecule has 0 fully saturated rings. The van der Waals surface area contributed by atoms with E-state index in [0.29, 0.717) is 6.04 Å². The molecule has 3 rings (SSSR count). The van der Waals surface area contributed by atoms with Crippen LogP contribution in [0.25, 0.3) is 10.8 Å². The van der Waals surface area contributed by atoms with E-state index in [9.17, 15) is 0 Å². The van der Waals surface area contributed by atoms with Gasteiger partial charge < -0.3 is 10.1 Å². The summed E-state index contributed by atoms with van der Waals surface area (Å²) in [6.07, 6.45) is 0. The number of methoxy groups -OCH3 is 1. The van der Waals surface area contributed by atoms with E-state index in [4.69, 9.17) is 4.74 Å². The van der Waals surface area contributed by atoms with E-state index >= 15 is 0 Å². The monoisotopic (exact) mass is 337 g/mol. The number of rotatable bonds is 7. The Morgan fingerprint density at radius 3 is 2.62 bits per heavy atom. The standard InChI is InChI=1S/C21H23NOS/c1-16(18-8-5-9-20(14-18)23-2)22-12-13-24-21-11-10-17-6-3-4-7-19(17)15-21/h3-11,14-16,22H,12-13H2,1-2H3. The van der Waals surface area contributed by atoms with Crippen molar-refractivity contribution >= 4 is 22.5 Å². The van der Waals surface area contributed by atoms with Crippen LogP contribution in [-0.4, -0.2) is 19.4 Å². The van der Waals surface area contributed by atoms with Gasteiger partial charge in [0.05, 0.1) is 7.11 Å². The molecule has 0 aromatic heterocycles. The first-order chi connectivity index (χ1) is 11.8. The van der Waals surface area contributed by atoms with Crippen molar-refractivity contribution in [2.24, 2.45) is 0 Å². The summed E-state index contributed by atoms with van der Waals surface area (Å²) in [5, 5.41) is 6.18. The van der Waals surface area contributed by atoms with Crippen molar-refractivity contribution in [3.05, 3.63) is 72.3 Å². The molecule has 0 saturated carbocycles. The molecule has 0 aliphatic rings. The molecule has 3 aromatic rings. The zero-order chi connectivity index (χ0) is 16.8. The summed E-state index contributed by atoms with van der Waals surface area (Å²) in [4.78, 5) is 1.32. The largest absolute Gasteiger partial charge is 0.497 e. The van der Waals surface area contributed by atoms with E-state index in [1.807, 2.05) is 23.9 Å². The van der Waals surface area contributed by atoms with Crippen LogP contribution in [0.3, 0.4) is 0 Å². The topological polar surface area (TPSA) is 21.3 Å². The predicted molar refractivity (Wildman–Crippen MR) is 104 cm³/mol. The van der Waals surface area contributed by atoms with Gasteiger partial charge in [0.2, 0.25) is 0 Å². The van der Waals surface area contributed by atoms with Crippen LogP contribution in [0.4, 0.5) is 0 Å². The lowest BCUT2D eigenvalue weighted by Gasteiger charge is -2.15. The molecule has 1 unspecified atom stereocenters. The Morgan fingerprint density at radius 1 is 0.958 bits per heavy atom. The van der Waals surface area contributed by atoms with Crippen molar-refractivity contribution in [1.29, 1.82) is 0 Å². The second kappa shape index (κ2) is 8.22. The van der Waals surface area contributed by atoms with E-state index in [1.165, 1.54) is 21.2 Å². The number of benzene rings is 3. The van der Waals surface area contributed by atoms with Crippen LogP contribution in [0.15, 0.2) is 71.6 Å². The molecule has 1 N–H and O–H groups in total. The fourth-order valence-corrected chi connectivity index (χ4v) is 3.56. The molecule has 0 bridgehead atoms. The summed E-state index contributed by atoms with van der Waals surface area (Å²) < 4.78 is 5.29. The van der Waals surface area contributed by atoms with E-state index in [2.05, 4.69) is 66.8 Å². The number of ether oxygens (including phenoxy) is 1. The summed E-state index contributed by atoms with van der Waals surface area (Å²) >= 11 is 1.89. The van der Waals surface area contributed by atoms with Crippen LogP contribution in [0.1, 0.15) is 18.5 Å². The van der Waals surface area contributed by atoms with Gasteiger partial charge >= 0.3 is 0 Å². The molecule has 1 atom stereocenters. The molecule has 24 heavy (non-hydrogen) atoms. The summed E-state index contributed by atoms with van der Waals surface area (Å²) in [6, 6.07) is 23.7. The van der Waals surface area contributed by atoms with Crippen molar-refractivity contribution < 1.29 is 4.74 Å². The van der Waals surface area contributed by atoms with Crippen molar-refractivity contribution in [1.82, 2.24) is 5.32 Å². The van der Waals surface area contributed by atoms with E-state index in [1.54, 1.807) is 7.11 Å². The van der Waals surface area contributed by atoms with Crippen LogP contribution in [0.2, 0.25) is 0 Å². The molecule has 3 heteroatoms. The van der Waals surface area contributed by atoms with Crippen LogP contribution < -0.4 is 10.1 Å². The predicted octanol–water partition coefficient (Wildman–Crippen LogP) is 5.29. The molecule has 0 aliphatic heterocycles. The third-order valence-electron chi connectivity index (χ3n) is 4.14. The maximum absolute atomic E-state index is 5.29. The molecule has 0 heterocycles. The highest BCUT2D eigenvalue weighted by atomic mass is 32.2. The lowest BCUT2D eigenvalue weighted by molar-refractivity contribution is 0.413. The zero-order valence-corrected chi connectivity index (χ0v) is 15.0. The van der Waals surface area contributed by atoms with Gasteiger partial charge in [-0.2, -0.15) is 0 Å². The molecular formula is C21H23NOS. The van der Waals surface area contributed by atoms with Gasteiger partial charge in [0.15, 0.2) is 0 Å². The minimum Gasteiger partial charge on any atom is -0.497 e. The Bertz CT molecular complexity index is 802. The van der Waals surface area contributed by atoms with Gasteiger partial charge in [-0.25, -0.2) is 0 Å². The van der Waals surface area contributed by atoms with Gasteiger partial charge in [0.25, 0.3) is 0 Å². The fraction of sp³-hybridized carbons (Fsp3) is 0.238. The van der Waals surface area contributed by atoms with Gasteiger partial charge in [-0.1, -0.05) is 42.5 Å². The molecule has 0 spiro atoms. The number of nitrogens with one attached hydrogen (secondary N) is 1. The third kappa shape index (κ3) is 4.31. The molecule has 0 amide bonds. The quantitative estimate of drug-likeness (QED) is 0.467. The molecule has 0 saturated heterocycles. The lowest BCUT2D eigenvalue weighted by Crippen LogP contribution is -2.21. The van der Waals surface area contributed by atoms with Crippen LogP contribution in [0.5, 0.6) is 5.75 Å². The Morgan fingerprint density at radius 2 is 1.79 bits per heavy atom. The summed E-state index contributed by atoms with van der Waals surface area (Å²) in [6.45, 7) is 3.16. The summed E-state index contributed by atoms with van der Waals surface area (Å²) in [5.41, 5.74) is 1.25. The Kier molecular flexibility index (Phi) is 5.78. The van der Waals surface area contributed by atoms with Gasteiger partial charge in [-0.05, 0) is 47.5 Å². The van der Waals surface area contributed by atoms with Crippen LogP contribution >= 0.6 is 11.8 Å². The van der Waals surface area contributed by atoms with Crippen LogP contribution in [-0.2, 0) is 0 Å². The first-order valence-corrected chi connectivity index (χ1v) is 9.24. The minimum absolute atomic E-state index is 0.317. The van der Waals surface area contributed by atoms with Gasteiger partial charge in [0, 0.05) is 23.2 Å². The van der Waals surface area contributed by atoms with Crippen LogP contribution in [0, 0.1) is 0 Å². The average Bonchev–Trinajstić information content (AvgIpc) is 2.65. The molecule has 0 aliphatic carbocycles.